The predicted molar refractivity (Wildman–Crippen MR) is 84.9 cm³/mol. The lowest BCUT2D eigenvalue weighted by atomic mass is 10.4. The quantitative estimate of drug-likeness (QED) is 0.561. The highest BCUT2D eigenvalue weighted by Gasteiger charge is 2.44. The van der Waals surface area contributed by atoms with Gasteiger partial charge in [0.1, 0.15) is 0 Å². The van der Waals surface area contributed by atoms with Gasteiger partial charge in [-0.15, -0.1) is 0 Å². The molecule has 0 saturated heterocycles. The summed E-state index contributed by atoms with van der Waals surface area (Å²) in [5.74, 6) is 0. The van der Waals surface area contributed by atoms with Crippen LogP contribution in [-0.4, -0.2) is 21.6 Å². The van der Waals surface area contributed by atoms with Crippen molar-refractivity contribution in [1.29, 1.82) is 0 Å². The molecule has 0 heterocycles. The third kappa shape index (κ3) is 4.88. The van der Waals surface area contributed by atoms with E-state index >= 15 is 0 Å². The molecule has 0 rings (SSSR count). The molecule has 0 aromatic heterocycles. The van der Waals surface area contributed by atoms with E-state index < -0.39 is 16.4 Å². The minimum absolute atomic E-state index is 0.113. The van der Waals surface area contributed by atoms with Gasteiger partial charge in [0.15, 0.2) is 8.32 Å². The maximum atomic E-state index is 6.65. The Morgan fingerprint density at radius 1 is 1.06 bits per heavy atom. The van der Waals surface area contributed by atoms with Gasteiger partial charge in [0.25, 0.3) is 0 Å². The van der Waals surface area contributed by atoms with Gasteiger partial charge < -0.3 is 4.43 Å². The summed E-state index contributed by atoms with van der Waals surface area (Å²) in [5, 5.41) is 0.113. The van der Waals surface area contributed by atoms with E-state index in [-0.39, 0.29) is 5.22 Å². The summed E-state index contributed by atoms with van der Waals surface area (Å²) in [5.41, 5.74) is 0.692. The van der Waals surface area contributed by atoms with E-state index in [1.807, 2.05) is 0 Å². The molecule has 0 radical (unpaired) electrons. The number of hydrogen-bond acceptors (Lipinski definition) is 1. The molecule has 0 aliphatic rings. The second-order valence-corrected chi connectivity index (χ2v) is 17.4. The number of rotatable bonds is 7. The van der Waals surface area contributed by atoms with Crippen LogP contribution < -0.4 is 0 Å². The zero-order valence-corrected chi connectivity index (χ0v) is 15.6. The fraction of sp³-hybridized carbons (Fsp3) is 1.00. The predicted octanol–water partition coefficient (Wildman–Crippen LogP) is 5.44. The first-order chi connectivity index (χ1) is 7.46. The molecule has 104 valence electrons. The topological polar surface area (TPSA) is 9.23 Å². The van der Waals surface area contributed by atoms with Crippen LogP contribution in [0.25, 0.3) is 0 Å². The molecular formula is C14H34OSi2. The van der Waals surface area contributed by atoms with Crippen LogP contribution in [0.2, 0.25) is 37.8 Å². The summed E-state index contributed by atoms with van der Waals surface area (Å²) >= 11 is 0. The van der Waals surface area contributed by atoms with Crippen molar-refractivity contribution in [3.05, 3.63) is 0 Å². The maximum absolute atomic E-state index is 6.65. The van der Waals surface area contributed by atoms with Crippen molar-refractivity contribution in [3.8, 4) is 0 Å². The molecule has 0 spiro atoms. The van der Waals surface area contributed by atoms with Gasteiger partial charge in [0.05, 0.1) is 8.07 Å². The van der Waals surface area contributed by atoms with Gasteiger partial charge in [-0.1, -0.05) is 52.8 Å². The number of unbranched alkanes of at least 4 members (excludes halogenated alkanes) is 1. The zero-order valence-electron chi connectivity index (χ0n) is 13.6. The molecule has 0 amide bonds. The van der Waals surface area contributed by atoms with Crippen LogP contribution >= 0.6 is 0 Å². The van der Waals surface area contributed by atoms with E-state index in [2.05, 4.69) is 60.8 Å². The Hall–Kier alpha value is 0.394. The van der Waals surface area contributed by atoms with Crippen molar-refractivity contribution in [3.63, 3.8) is 0 Å². The molecule has 17 heavy (non-hydrogen) atoms. The van der Waals surface area contributed by atoms with Crippen LogP contribution in [0, 0.1) is 0 Å². The highest BCUT2D eigenvalue weighted by Crippen LogP contribution is 2.35. The van der Waals surface area contributed by atoms with E-state index in [0.29, 0.717) is 5.54 Å². The van der Waals surface area contributed by atoms with E-state index in [9.17, 15) is 0 Å². The van der Waals surface area contributed by atoms with Crippen molar-refractivity contribution in [2.45, 2.75) is 90.5 Å². The summed E-state index contributed by atoms with van der Waals surface area (Å²) < 4.78 is 6.65. The summed E-state index contributed by atoms with van der Waals surface area (Å²) in [6.07, 6.45) is 2.66. The lowest BCUT2D eigenvalue weighted by molar-refractivity contribution is 0.169. The molecule has 0 N–H and O–H groups in total. The fourth-order valence-corrected chi connectivity index (χ4v) is 7.12. The third-order valence-corrected chi connectivity index (χ3v) is 13.7. The van der Waals surface area contributed by atoms with Gasteiger partial charge in [0, 0.05) is 5.22 Å². The van der Waals surface area contributed by atoms with Gasteiger partial charge in [-0.05, 0) is 32.5 Å². The summed E-state index contributed by atoms with van der Waals surface area (Å²) in [6, 6.07) is 1.39. The van der Waals surface area contributed by atoms with E-state index in [1.54, 1.807) is 0 Å². The lowest BCUT2D eigenvalue weighted by Crippen LogP contribution is -2.57. The van der Waals surface area contributed by atoms with Crippen molar-refractivity contribution in [2.75, 3.05) is 0 Å². The van der Waals surface area contributed by atoms with Crippen molar-refractivity contribution in [1.82, 2.24) is 0 Å². The maximum Gasteiger partial charge on any atom is 0.189 e. The first-order valence-corrected chi connectivity index (χ1v) is 13.4. The van der Waals surface area contributed by atoms with Gasteiger partial charge in [-0.25, -0.2) is 0 Å². The monoisotopic (exact) mass is 274 g/mol. The van der Waals surface area contributed by atoms with Crippen LogP contribution in [-0.2, 0) is 4.43 Å². The average molecular weight is 275 g/mol. The van der Waals surface area contributed by atoms with Crippen molar-refractivity contribution < 1.29 is 4.43 Å². The standard InChI is InChI=1S/C14H34OSi2/c1-10-11-12-16(6,7)14(4,5)15-17(8,9)13(2)3/h13H,10-12H2,1-9H3. The molecule has 1 nitrogen and oxygen atoms in total. The van der Waals surface area contributed by atoms with Gasteiger partial charge >= 0.3 is 0 Å². The van der Waals surface area contributed by atoms with E-state index in [1.165, 1.54) is 18.9 Å². The van der Waals surface area contributed by atoms with Crippen LogP contribution in [0.4, 0.5) is 0 Å². The largest absolute Gasteiger partial charge is 0.415 e. The zero-order chi connectivity index (χ0) is 13.9. The fourth-order valence-electron chi connectivity index (χ4n) is 1.83. The average Bonchev–Trinajstić information content (AvgIpc) is 2.12. The Morgan fingerprint density at radius 2 is 1.53 bits per heavy atom. The third-order valence-electron chi connectivity index (χ3n) is 4.69. The molecule has 0 atom stereocenters. The second kappa shape index (κ2) is 6.02. The molecule has 0 unspecified atom stereocenters. The second-order valence-electron chi connectivity index (χ2n) is 7.36. The Kier molecular flexibility index (Phi) is 6.16. The minimum atomic E-state index is -1.53. The Morgan fingerprint density at radius 3 is 1.88 bits per heavy atom. The van der Waals surface area contributed by atoms with Gasteiger partial charge in [0.2, 0.25) is 0 Å². The molecule has 3 heteroatoms. The summed E-state index contributed by atoms with van der Waals surface area (Å²) in [4.78, 5) is 0. The molecule has 0 fully saturated rings. The van der Waals surface area contributed by atoms with E-state index in [0.717, 1.165) is 0 Å². The molecular weight excluding hydrogens is 240 g/mol. The first-order valence-electron chi connectivity index (χ1n) is 7.16. The molecule has 0 aliphatic heterocycles. The van der Waals surface area contributed by atoms with Crippen LogP contribution in [0.1, 0.15) is 47.5 Å². The van der Waals surface area contributed by atoms with Crippen molar-refractivity contribution in [2.24, 2.45) is 0 Å². The SMILES string of the molecule is CCCC[Si](C)(C)C(C)(C)O[Si](C)(C)C(C)C. The molecule has 0 aliphatic carbocycles. The normalized spacial score (nSPS) is 14.5. The summed E-state index contributed by atoms with van der Waals surface area (Å²) in [6.45, 7) is 21.3. The Balaban J connectivity index is 4.76. The molecule has 0 aromatic rings. The van der Waals surface area contributed by atoms with E-state index in [4.69, 9.17) is 4.43 Å². The molecule has 0 bridgehead atoms. The minimum Gasteiger partial charge on any atom is -0.415 e. The van der Waals surface area contributed by atoms with Crippen LogP contribution in [0.3, 0.4) is 0 Å². The van der Waals surface area contributed by atoms with Crippen LogP contribution in [0.15, 0.2) is 0 Å². The summed E-state index contributed by atoms with van der Waals surface area (Å²) in [7, 11) is -2.83. The highest BCUT2D eigenvalue weighted by atomic mass is 28.4. The lowest BCUT2D eigenvalue weighted by Gasteiger charge is -2.46. The Labute approximate surface area is 111 Å². The highest BCUT2D eigenvalue weighted by molar-refractivity contribution is 6.82. The van der Waals surface area contributed by atoms with Crippen molar-refractivity contribution >= 4 is 16.4 Å². The van der Waals surface area contributed by atoms with Gasteiger partial charge in [-0.3, -0.25) is 0 Å². The smallest absolute Gasteiger partial charge is 0.189 e. The van der Waals surface area contributed by atoms with Crippen LogP contribution in [0.5, 0.6) is 0 Å². The number of hydrogen-bond donors (Lipinski definition) is 0. The van der Waals surface area contributed by atoms with Gasteiger partial charge in [-0.2, -0.15) is 0 Å². The molecule has 0 saturated carbocycles. The first kappa shape index (κ1) is 17.4. The molecule has 0 aromatic carbocycles. The Bertz CT molecular complexity index is 232.